The van der Waals surface area contributed by atoms with E-state index in [0.717, 1.165) is 0 Å². The van der Waals surface area contributed by atoms with Gasteiger partial charge in [0, 0.05) is 33.0 Å². The number of amides is 2. The van der Waals surface area contributed by atoms with E-state index in [4.69, 9.17) is 5.11 Å². The van der Waals surface area contributed by atoms with E-state index in [1.54, 1.807) is 27.1 Å². The molecule has 0 spiro atoms. The fraction of sp³-hybridized carbons (Fsp3) is 0.400. The number of aliphatic hydroxyl groups excluding tert-OH is 1. The molecule has 1 atom stereocenters. The largest absolute Gasteiger partial charge is 0.384 e. The Morgan fingerprint density at radius 3 is 2.86 bits per heavy atom. The molecule has 0 fully saturated rings. The molecule has 1 aromatic heterocycles. The first-order valence-electron chi connectivity index (χ1n) is 6.52. The molecule has 1 heterocycles. The number of aliphatic hydroxyl groups is 1. The second-order valence-electron chi connectivity index (χ2n) is 4.58. The number of aromatic nitrogens is 1. The van der Waals surface area contributed by atoms with Crippen LogP contribution in [-0.2, 0) is 4.79 Å². The lowest BCUT2D eigenvalue weighted by Crippen LogP contribution is -2.37. The predicted molar refractivity (Wildman–Crippen MR) is 78.4 cm³/mol. The summed E-state index contributed by atoms with van der Waals surface area (Å²) in [5.41, 5.74) is 0.855. The summed E-state index contributed by atoms with van der Waals surface area (Å²) in [6, 6.07) is 1.57. The number of rotatable bonds is 4. The van der Waals surface area contributed by atoms with Crippen LogP contribution in [0.3, 0.4) is 0 Å². The van der Waals surface area contributed by atoms with Crippen molar-refractivity contribution in [3.63, 3.8) is 0 Å². The second kappa shape index (κ2) is 8.02. The van der Waals surface area contributed by atoms with Gasteiger partial charge in [0.2, 0.25) is 5.91 Å². The molecular weight excluding hydrogens is 270 g/mol. The molecule has 112 valence electrons. The Balaban J connectivity index is 2.90. The Hall–Kier alpha value is -2.39. The lowest BCUT2D eigenvalue weighted by molar-refractivity contribution is -0.124. The first kappa shape index (κ1) is 16.7. The van der Waals surface area contributed by atoms with E-state index in [1.165, 1.54) is 17.3 Å². The normalized spacial score (nSPS) is 11.0. The minimum absolute atomic E-state index is 0.121. The summed E-state index contributed by atoms with van der Waals surface area (Å²) in [6.07, 6.45) is 2.99. The quantitative estimate of drug-likeness (QED) is 0.757. The van der Waals surface area contributed by atoms with Crippen LogP contribution in [0.5, 0.6) is 0 Å². The summed E-state index contributed by atoms with van der Waals surface area (Å²) in [6.45, 7) is 1.77. The van der Waals surface area contributed by atoms with Crippen LogP contribution in [-0.4, -0.2) is 54.1 Å². The molecule has 0 bridgehead atoms. The zero-order valence-electron chi connectivity index (χ0n) is 12.4. The molecule has 0 aliphatic rings. The smallest absolute Gasteiger partial charge is 0.254 e. The van der Waals surface area contributed by atoms with Gasteiger partial charge in [0.25, 0.3) is 5.91 Å². The first-order chi connectivity index (χ1) is 10.0. The Bertz CT molecular complexity index is 575. The fourth-order valence-electron chi connectivity index (χ4n) is 1.84. The molecule has 0 radical (unpaired) electrons. The molecule has 1 aromatic rings. The van der Waals surface area contributed by atoms with Crippen molar-refractivity contribution in [2.75, 3.05) is 27.2 Å². The van der Waals surface area contributed by atoms with Crippen molar-refractivity contribution in [1.82, 2.24) is 15.2 Å². The Labute approximate surface area is 124 Å². The predicted octanol–water partition coefficient (Wildman–Crippen LogP) is -0.121. The summed E-state index contributed by atoms with van der Waals surface area (Å²) in [5, 5.41) is 11.3. The number of carbonyl (C=O) groups is 2. The highest BCUT2D eigenvalue weighted by Gasteiger charge is 2.20. The zero-order valence-corrected chi connectivity index (χ0v) is 12.4. The minimum atomic E-state index is -0.308. The number of nitrogens with one attached hydrogen (secondary N) is 1. The van der Waals surface area contributed by atoms with Crippen molar-refractivity contribution >= 4 is 11.8 Å². The van der Waals surface area contributed by atoms with Gasteiger partial charge in [-0.1, -0.05) is 18.8 Å². The molecular formula is C15H19N3O3. The molecule has 0 saturated carbocycles. The third kappa shape index (κ3) is 4.58. The summed E-state index contributed by atoms with van der Waals surface area (Å²) in [7, 11) is 3.19. The van der Waals surface area contributed by atoms with Gasteiger partial charge in [-0.25, -0.2) is 0 Å². The van der Waals surface area contributed by atoms with Crippen molar-refractivity contribution in [1.29, 1.82) is 0 Å². The number of hydrogen-bond acceptors (Lipinski definition) is 4. The second-order valence-corrected chi connectivity index (χ2v) is 4.58. The van der Waals surface area contributed by atoms with Gasteiger partial charge in [0.05, 0.1) is 17.0 Å². The van der Waals surface area contributed by atoms with Crippen molar-refractivity contribution < 1.29 is 14.7 Å². The van der Waals surface area contributed by atoms with Gasteiger partial charge in [-0.3, -0.25) is 14.6 Å². The summed E-state index contributed by atoms with van der Waals surface area (Å²) in [4.78, 5) is 29.3. The molecule has 21 heavy (non-hydrogen) atoms. The highest BCUT2D eigenvalue weighted by atomic mass is 16.2. The van der Waals surface area contributed by atoms with E-state index in [1.807, 2.05) is 0 Å². The van der Waals surface area contributed by atoms with Gasteiger partial charge in [0.1, 0.15) is 6.61 Å². The van der Waals surface area contributed by atoms with E-state index < -0.39 is 0 Å². The summed E-state index contributed by atoms with van der Waals surface area (Å²) < 4.78 is 0. The van der Waals surface area contributed by atoms with Crippen molar-refractivity contribution in [3.8, 4) is 11.8 Å². The third-order valence-electron chi connectivity index (χ3n) is 2.94. The SMILES string of the molecule is CNC(=O)C(C)CN(C)C(=O)c1ccncc1C#CCO. The summed E-state index contributed by atoms with van der Waals surface area (Å²) >= 11 is 0. The average Bonchev–Trinajstić information content (AvgIpc) is 2.51. The molecule has 2 N–H and O–H groups in total. The molecule has 0 aromatic carbocycles. The Morgan fingerprint density at radius 2 is 2.24 bits per heavy atom. The van der Waals surface area contributed by atoms with E-state index >= 15 is 0 Å². The highest BCUT2D eigenvalue weighted by Crippen LogP contribution is 2.10. The van der Waals surface area contributed by atoms with Crippen LogP contribution >= 0.6 is 0 Å². The standard InChI is InChI=1S/C15H19N3O3/c1-11(14(20)16-2)10-18(3)15(21)13-6-7-17-9-12(13)5-4-8-19/h6-7,9,11,19H,8,10H2,1-3H3,(H,16,20). The van der Waals surface area contributed by atoms with Crippen LogP contribution in [0.15, 0.2) is 18.5 Å². The van der Waals surface area contributed by atoms with Gasteiger partial charge in [-0.15, -0.1) is 0 Å². The van der Waals surface area contributed by atoms with Gasteiger partial charge in [0.15, 0.2) is 0 Å². The summed E-state index contributed by atoms with van der Waals surface area (Å²) in [5.74, 6) is 4.53. The number of carbonyl (C=O) groups excluding carboxylic acids is 2. The molecule has 0 saturated heterocycles. The molecule has 6 heteroatoms. The van der Waals surface area contributed by atoms with E-state index in [9.17, 15) is 9.59 Å². The lowest BCUT2D eigenvalue weighted by atomic mass is 10.1. The van der Waals surface area contributed by atoms with Gasteiger partial charge < -0.3 is 15.3 Å². The third-order valence-corrected chi connectivity index (χ3v) is 2.94. The maximum absolute atomic E-state index is 12.4. The van der Waals surface area contributed by atoms with E-state index in [0.29, 0.717) is 17.7 Å². The first-order valence-corrected chi connectivity index (χ1v) is 6.52. The van der Waals surface area contributed by atoms with Crippen molar-refractivity contribution in [3.05, 3.63) is 29.6 Å². The van der Waals surface area contributed by atoms with Crippen LogP contribution in [0, 0.1) is 17.8 Å². The monoisotopic (exact) mass is 289 g/mol. The zero-order chi connectivity index (χ0) is 15.8. The van der Waals surface area contributed by atoms with Crippen molar-refractivity contribution in [2.45, 2.75) is 6.92 Å². The van der Waals surface area contributed by atoms with Crippen molar-refractivity contribution in [2.24, 2.45) is 5.92 Å². The van der Waals surface area contributed by atoms with Gasteiger partial charge in [-0.2, -0.15) is 0 Å². The number of nitrogens with zero attached hydrogens (tertiary/aromatic N) is 2. The molecule has 6 nitrogen and oxygen atoms in total. The molecule has 1 unspecified atom stereocenters. The van der Waals surface area contributed by atoms with Crippen LogP contribution in [0.4, 0.5) is 0 Å². The maximum Gasteiger partial charge on any atom is 0.254 e. The maximum atomic E-state index is 12.4. The minimum Gasteiger partial charge on any atom is -0.384 e. The van der Waals surface area contributed by atoms with Crippen LogP contribution in [0.2, 0.25) is 0 Å². The van der Waals surface area contributed by atoms with Crippen LogP contribution < -0.4 is 5.32 Å². The van der Waals surface area contributed by atoms with E-state index in [2.05, 4.69) is 22.1 Å². The van der Waals surface area contributed by atoms with Crippen LogP contribution in [0.25, 0.3) is 0 Å². The number of hydrogen-bond donors (Lipinski definition) is 2. The van der Waals surface area contributed by atoms with Gasteiger partial charge >= 0.3 is 0 Å². The molecule has 0 aliphatic heterocycles. The topological polar surface area (TPSA) is 82.5 Å². The van der Waals surface area contributed by atoms with Gasteiger partial charge in [-0.05, 0) is 6.07 Å². The van der Waals surface area contributed by atoms with E-state index in [-0.39, 0.29) is 24.3 Å². The molecule has 1 rings (SSSR count). The molecule has 0 aliphatic carbocycles. The lowest BCUT2D eigenvalue weighted by Gasteiger charge is -2.21. The Morgan fingerprint density at radius 1 is 1.52 bits per heavy atom. The highest BCUT2D eigenvalue weighted by molar-refractivity contribution is 5.96. The fourth-order valence-corrected chi connectivity index (χ4v) is 1.84. The average molecular weight is 289 g/mol. The van der Waals surface area contributed by atoms with Crippen LogP contribution in [0.1, 0.15) is 22.8 Å². The Kier molecular flexibility index (Phi) is 6.37. The molecule has 2 amide bonds. The number of pyridine rings is 1.